The largest absolute Gasteiger partial charge is 0.493 e. The number of ether oxygens (including phenoxy) is 1. The van der Waals surface area contributed by atoms with Gasteiger partial charge in [0.15, 0.2) is 0 Å². The fourth-order valence-electron chi connectivity index (χ4n) is 5.67. The normalized spacial score (nSPS) is 11.5. The Hall–Kier alpha value is -3.14. The molecule has 0 atom stereocenters. The Balaban J connectivity index is 1.55. The lowest BCUT2D eigenvalue weighted by Gasteiger charge is -2.26. The molecular formula is C39H56N2O2. The number of carbonyl (C=O) groups excluding carboxylic acids is 1. The Morgan fingerprint density at radius 2 is 1.42 bits per heavy atom. The highest BCUT2D eigenvalue weighted by Crippen LogP contribution is 2.33. The third kappa shape index (κ3) is 12.6. The summed E-state index contributed by atoms with van der Waals surface area (Å²) >= 11 is 0. The molecule has 4 nitrogen and oxygen atoms in total. The van der Waals surface area contributed by atoms with Crippen LogP contribution in [0.15, 0.2) is 67.0 Å². The van der Waals surface area contributed by atoms with Crippen LogP contribution in [0.25, 0.3) is 0 Å². The summed E-state index contributed by atoms with van der Waals surface area (Å²) in [7, 11) is 0. The predicted molar refractivity (Wildman–Crippen MR) is 182 cm³/mol. The van der Waals surface area contributed by atoms with Crippen LogP contribution in [0.2, 0.25) is 0 Å². The second-order valence-corrected chi connectivity index (χ2v) is 13.1. The molecule has 0 spiro atoms. The van der Waals surface area contributed by atoms with E-state index >= 15 is 0 Å². The molecule has 3 rings (SSSR count). The quantitative estimate of drug-likeness (QED) is 0.132. The zero-order valence-corrected chi connectivity index (χ0v) is 27.7. The Labute approximate surface area is 262 Å². The lowest BCUT2D eigenvalue weighted by atomic mass is 9.85. The summed E-state index contributed by atoms with van der Waals surface area (Å²) in [5.74, 6) is 0.972. The van der Waals surface area contributed by atoms with Crippen molar-refractivity contribution in [3.63, 3.8) is 0 Å². The van der Waals surface area contributed by atoms with Gasteiger partial charge in [0.2, 0.25) is 5.91 Å². The minimum absolute atomic E-state index is 0.0225. The second kappa shape index (κ2) is 18.5. The molecule has 0 radical (unpaired) electrons. The number of hydrogen-bond donors (Lipinski definition) is 0. The van der Waals surface area contributed by atoms with Crippen LogP contribution in [0.5, 0.6) is 5.75 Å². The monoisotopic (exact) mass is 584 g/mol. The highest BCUT2D eigenvalue weighted by atomic mass is 16.5. The second-order valence-electron chi connectivity index (χ2n) is 13.1. The molecule has 0 fully saturated rings. The lowest BCUT2D eigenvalue weighted by Crippen LogP contribution is -2.28. The molecule has 0 unspecified atom stereocenters. The van der Waals surface area contributed by atoms with Crippen molar-refractivity contribution in [3.8, 4) is 5.75 Å². The molecule has 234 valence electrons. The van der Waals surface area contributed by atoms with Gasteiger partial charge < -0.3 is 9.64 Å². The van der Waals surface area contributed by atoms with E-state index < -0.39 is 0 Å². The number of rotatable bonds is 19. The Kier molecular flexibility index (Phi) is 14.8. The maximum absolute atomic E-state index is 12.8. The van der Waals surface area contributed by atoms with Crippen molar-refractivity contribution in [2.45, 2.75) is 130 Å². The zero-order chi connectivity index (χ0) is 30.9. The molecule has 3 aromatic rings. The SMILES string of the molecule is CCCCCCCCCCCCCCOc1cc(CN(C(C)=O)c2cccc(Cc3cccnc3)c2)ccc1C(C)(C)C. The summed E-state index contributed by atoms with van der Waals surface area (Å²) in [5, 5.41) is 0. The Bertz CT molecular complexity index is 1220. The van der Waals surface area contributed by atoms with Crippen molar-refractivity contribution in [1.29, 1.82) is 0 Å². The molecule has 2 aromatic carbocycles. The van der Waals surface area contributed by atoms with Crippen molar-refractivity contribution in [3.05, 3.63) is 89.2 Å². The number of anilines is 1. The minimum Gasteiger partial charge on any atom is -0.493 e. The molecule has 43 heavy (non-hydrogen) atoms. The molecule has 0 aliphatic rings. The molecule has 4 heteroatoms. The third-order valence-corrected chi connectivity index (χ3v) is 8.18. The van der Waals surface area contributed by atoms with Crippen molar-refractivity contribution in [1.82, 2.24) is 4.98 Å². The zero-order valence-electron chi connectivity index (χ0n) is 27.7. The topological polar surface area (TPSA) is 42.4 Å². The maximum Gasteiger partial charge on any atom is 0.224 e. The fourth-order valence-corrected chi connectivity index (χ4v) is 5.67. The number of pyridine rings is 1. The summed E-state index contributed by atoms with van der Waals surface area (Å²) in [6.45, 7) is 11.9. The van der Waals surface area contributed by atoms with E-state index in [1.165, 1.54) is 76.2 Å². The highest BCUT2D eigenvalue weighted by Gasteiger charge is 2.21. The van der Waals surface area contributed by atoms with Crippen LogP contribution in [-0.2, 0) is 23.2 Å². The van der Waals surface area contributed by atoms with Crippen LogP contribution in [0.1, 0.15) is 134 Å². The van der Waals surface area contributed by atoms with Gasteiger partial charge in [-0.15, -0.1) is 0 Å². The van der Waals surface area contributed by atoms with Gasteiger partial charge in [0.25, 0.3) is 0 Å². The first-order valence-electron chi connectivity index (χ1n) is 16.8. The first-order chi connectivity index (χ1) is 20.8. The predicted octanol–water partition coefficient (Wildman–Crippen LogP) is 10.6. The van der Waals surface area contributed by atoms with Crippen LogP contribution < -0.4 is 9.64 Å². The number of hydrogen-bond acceptors (Lipinski definition) is 3. The van der Waals surface area contributed by atoms with Gasteiger partial charge >= 0.3 is 0 Å². The number of unbranched alkanes of at least 4 members (excludes halogenated alkanes) is 11. The van der Waals surface area contributed by atoms with Gasteiger partial charge in [-0.05, 0) is 64.8 Å². The van der Waals surface area contributed by atoms with Gasteiger partial charge in [-0.3, -0.25) is 9.78 Å². The first kappa shape index (κ1) is 34.4. The van der Waals surface area contributed by atoms with E-state index in [2.05, 4.69) is 69.1 Å². The number of nitrogens with zero attached hydrogens (tertiary/aromatic N) is 2. The average molecular weight is 585 g/mol. The molecule has 0 N–H and O–H groups in total. The molecule has 0 saturated carbocycles. The van der Waals surface area contributed by atoms with Crippen LogP contribution in [0, 0.1) is 0 Å². The van der Waals surface area contributed by atoms with E-state index in [1.54, 1.807) is 13.1 Å². The number of amides is 1. The third-order valence-electron chi connectivity index (χ3n) is 8.18. The first-order valence-corrected chi connectivity index (χ1v) is 16.8. The molecule has 1 amide bonds. The fraction of sp³-hybridized carbons (Fsp3) is 0.538. The molecule has 1 aromatic heterocycles. The lowest BCUT2D eigenvalue weighted by molar-refractivity contribution is -0.116. The van der Waals surface area contributed by atoms with Gasteiger partial charge in [-0.1, -0.05) is 129 Å². The van der Waals surface area contributed by atoms with E-state index in [9.17, 15) is 4.79 Å². The Morgan fingerprint density at radius 3 is 2.02 bits per heavy atom. The van der Waals surface area contributed by atoms with Gasteiger partial charge in [0, 0.05) is 25.0 Å². The van der Waals surface area contributed by atoms with Crippen LogP contribution in [0.3, 0.4) is 0 Å². The van der Waals surface area contributed by atoms with Gasteiger partial charge in [0.1, 0.15) is 5.75 Å². The molecule has 0 bridgehead atoms. The molecule has 0 saturated heterocycles. The summed E-state index contributed by atoms with van der Waals surface area (Å²) < 4.78 is 6.42. The van der Waals surface area contributed by atoms with E-state index in [4.69, 9.17) is 4.74 Å². The minimum atomic E-state index is -0.0225. The van der Waals surface area contributed by atoms with Crippen LogP contribution in [-0.4, -0.2) is 17.5 Å². The molecule has 0 aliphatic carbocycles. The number of carbonyl (C=O) groups is 1. The van der Waals surface area contributed by atoms with Crippen molar-refractivity contribution >= 4 is 11.6 Å². The molecular weight excluding hydrogens is 528 g/mol. The van der Waals surface area contributed by atoms with Gasteiger partial charge in [0.05, 0.1) is 13.2 Å². The molecule has 0 aliphatic heterocycles. The average Bonchev–Trinajstić information content (AvgIpc) is 2.98. The number of aromatic nitrogens is 1. The van der Waals surface area contributed by atoms with E-state index in [1.807, 2.05) is 29.3 Å². The summed E-state index contributed by atoms with van der Waals surface area (Å²) in [6, 6.07) is 18.8. The highest BCUT2D eigenvalue weighted by molar-refractivity contribution is 5.91. The van der Waals surface area contributed by atoms with Gasteiger partial charge in [-0.2, -0.15) is 0 Å². The standard InChI is InChI=1S/C39H56N2O2/c1-6-7-8-9-10-11-12-13-14-15-16-17-26-43-38-29-35(23-24-37(38)39(3,4)5)31-41(32(2)42)36-22-18-20-33(28-36)27-34-21-19-25-40-30-34/h18-25,28-30H,6-17,26-27,31H2,1-5H3. The van der Waals surface area contributed by atoms with Crippen molar-refractivity contribution < 1.29 is 9.53 Å². The summed E-state index contributed by atoms with van der Waals surface area (Å²) in [5.41, 5.74) is 5.49. The molecule has 1 heterocycles. The van der Waals surface area contributed by atoms with E-state index in [-0.39, 0.29) is 11.3 Å². The van der Waals surface area contributed by atoms with Crippen molar-refractivity contribution in [2.24, 2.45) is 0 Å². The van der Waals surface area contributed by atoms with E-state index in [0.29, 0.717) is 6.54 Å². The van der Waals surface area contributed by atoms with E-state index in [0.717, 1.165) is 47.6 Å². The van der Waals surface area contributed by atoms with Crippen LogP contribution in [0.4, 0.5) is 5.69 Å². The van der Waals surface area contributed by atoms with Gasteiger partial charge in [-0.25, -0.2) is 0 Å². The summed E-state index contributed by atoms with van der Waals surface area (Å²) in [4.78, 5) is 18.9. The Morgan fingerprint density at radius 1 is 0.767 bits per heavy atom. The summed E-state index contributed by atoms with van der Waals surface area (Å²) in [6.07, 6.45) is 20.5. The van der Waals surface area contributed by atoms with Crippen LogP contribution >= 0.6 is 0 Å². The maximum atomic E-state index is 12.8. The van der Waals surface area contributed by atoms with Crippen molar-refractivity contribution in [2.75, 3.05) is 11.5 Å². The number of benzene rings is 2. The smallest absolute Gasteiger partial charge is 0.224 e.